The van der Waals surface area contributed by atoms with Gasteiger partial charge in [-0.15, -0.1) is 0 Å². The zero-order chi connectivity index (χ0) is 14.6. The van der Waals surface area contributed by atoms with Crippen molar-refractivity contribution in [3.05, 3.63) is 65.7 Å². The highest BCUT2D eigenvalue weighted by molar-refractivity contribution is 6.57. The van der Waals surface area contributed by atoms with Crippen molar-refractivity contribution < 1.29 is 13.1 Å². The van der Waals surface area contributed by atoms with Crippen molar-refractivity contribution >= 4 is 18.8 Å². The van der Waals surface area contributed by atoms with Crippen LogP contribution in [-0.4, -0.2) is 32.1 Å². The average Bonchev–Trinajstić information content (AvgIpc) is 3.08. The van der Waals surface area contributed by atoms with Crippen LogP contribution in [-0.2, 0) is 0 Å². The van der Waals surface area contributed by atoms with Crippen molar-refractivity contribution in [3.8, 4) is 0 Å². The van der Waals surface area contributed by atoms with Gasteiger partial charge in [-0.1, -0.05) is 0 Å². The minimum Gasteiger partial charge on any atom is -0.396 e. The molecule has 0 atom stereocenters. The van der Waals surface area contributed by atoms with E-state index in [2.05, 4.69) is 9.97 Å². The van der Waals surface area contributed by atoms with E-state index in [0.717, 1.165) is 8.96 Å². The lowest BCUT2D eigenvalue weighted by molar-refractivity contribution is -0.356. The molecule has 0 saturated heterocycles. The van der Waals surface area contributed by atoms with E-state index in [0.29, 0.717) is 28.5 Å². The molecule has 2 aromatic rings. The second kappa shape index (κ2) is 3.97. The molecular formula is C14H11BF2N4. The van der Waals surface area contributed by atoms with Crippen LogP contribution in [0.1, 0.15) is 17.2 Å². The fourth-order valence-electron chi connectivity index (χ4n) is 2.88. The Morgan fingerprint density at radius 1 is 1.29 bits per heavy atom. The molecule has 0 spiro atoms. The SMILES string of the molecule is Cc1nccc(C2=C3C=CC=[N+]3[B-](F)(F)n3cccc32)n1. The monoisotopic (exact) mass is 284 g/mol. The van der Waals surface area contributed by atoms with Crippen molar-refractivity contribution in [2.75, 3.05) is 0 Å². The Balaban J connectivity index is 2.06. The number of hydrogen-bond donors (Lipinski definition) is 0. The maximum Gasteiger partial charge on any atom is 0.737 e. The molecule has 2 aliphatic rings. The Kier molecular flexibility index (Phi) is 2.31. The molecule has 2 aromatic heterocycles. The van der Waals surface area contributed by atoms with Gasteiger partial charge in [0.1, 0.15) is 12.0 Å². The molecular weight excluding hydrogens is 273 g/mol. The van der Waals surface area contributed by atoms with Crippen LogP contribution < -0.4 is 0 Å². The third-order valence-electron chi connectivity index (χ3n) is 3.77. The molecule has 0 fully saturated rings. The van der Waals surface area contributed by atoms with Gasteiger partial charge in [0, 0.05) is 24.0 Å². The molecule has 0 radical (unpaired) electrons. The number of halogens is 2. The fourth-order valence-corrected chi connectivity index (χ4v) is 2.88. The van der Waals surface area contributed by atoms with Gasteiger partial charge in [0.25, 0.3) is 0 Å². The van der Waals surface area contributed by atoms with Gasteiger partial charge in [0.05, 0.1) is 11.3 Å². The van der Waals surface area contributed by atoms with Crippen LogP contribution in [0, 0.1) is 6.92 Å². The molecule has 2 aliphatic heterocycles. The quantitative estimate of drug-likeness (QED) is 0.752. The van der Waals surface area contributed by atoms with E-state index in [9.17, 15) is 8.63 Å². The lowest BCUT2D eigenvalue weighted by Crippen LogP contribution is -2.49. The topological polar surface area (TPSA) is 33.7 Å². The predicted molar refractivity (Wildman–Crippen MR) is 76.1 cm³/mol. The molecule has 0 aromatic carbocycles. The highest BCUT2D eigenvalue weighted by Crippen LogP contribution is 2.37. The van der Waals surface area contributed by atoms with E-state index in [4.69, 9.17) is 0 Å². The molecule has 104 valence electrons. The summed E-state index contributed by atoms with van der Waals surface area (Å²) in [6.45, 7) is -2.07. The third-order valence-corrected chi connectivity index (χ3v) is 3.77. The van der Waals surface area contributed by atoms with Crippen molar-refractivity contribution in [2.45, 2.75) is 6.92 Å². The molecule has 0 saturated carbocycles. The number of aromatic nitrogens is 3. The van der Waals surface area contributed by atoms with Crippen molar-refractivity contribution in [1.82, 2.24) is 14.4 Å². The Bertz CT molecular complexity index is 848. The van der Waals surface area contributed by atoms with Gasteiger partial charge in [-0.3, -0.25) is 0 Å². The summed E-state index contributed by atoms with van der Waals surface area (Å²) in [5.74, 6) is 0.610. The fraction of sp³-hybridized carbons (Fsp3) is 0.0714. The van der Waals surface area contributed by atoms with E-state index in [1.165, 1.54) is 12.4 Å². The number of hydrogen-bond acceptors (Lipinski definition) is 2. The summed E-state index contributed by atoms with van der Waals surface area (Å²) in [5, 5.41) is 0. The van der Waals surface area contributed by atoms with Crippen LogP contribution in [0.2, 0.25) is 0 Å². The third kappa shape index (κ3) is 1.57. The lowest BCUT2D eigenvalue weighted by Gasteiger charge is -2.30. The second-order valence-electron chi connectivity index (χ2n) is 5.05. The van der Waals surface area contributed by atoms with Crippen molar-refractivity contribution in [1.29, 1.82) is 0 Å². The zero-order valence-electron chi connectivity index (χ0n) is 11.2. The van der Waals surface area contributed by atoms with Gasteiger partial charge in [0.2, 0.25) is 0 Å². The van der Waals surface area contributed by atoms with Gasteiger partial charge in [0.15, 0.2) is 5.70 Å². The molecule has 0 aliphatic carbocycles. The van der Waals surface area contributed by atoms with E-state index in [1.54, 1.807) is 43.5 Å². The van der Waals surface area contributed by atoms with Gasteiger partial charge in [-0.25, -0.2) is 9.97 Å². The zero-order valence-corrected chi connectivity index (χ0v) is 11.2. The predicted octanol–water partition coefficient (Wildman–Crippen LogP) is 2.24. The summed E-state index contributed by atoms with van der Waals surface area (Å²) < 4.78 is 31.2. The number of aryl methyl sites for hydroxylation is 1. The molecule has 0 unspecified atom stereocenters. The molecule has 0 N–H and O–H groups in total. The first-order valence-corrected chi connectivity index (χ1v) is 6.63. The van der Waals surface area contributed by atoms with Crippen LogP contribution in [0.4, 0.5) is 8.63 Å². The van der Waals surface area contributed by atoms with E-state index < -0.39 is 6.97 Å². The summed E-state index contributed by atoms with van der Waals surface area (Å²) in [5.41, 5.74) is 2.30. The summed E-state index contributed by atoms with van der Waals surface area (Å²) >= 11 is 0. The highest BCUT2D eigenvalue weighted by Gasteiger charge is 2.51. The van der Waals surface area contributed by atoms with Crippen LogP contribution in [0.25, 0.3) is 5.57 Å². The maximum absolute atomic E-state index is 14.6. The van der Waals surface area contributed by atoms with E-state index >= 15 is 0 Å². The number of allylic oxidation sites excluding steroid dienone is 2. The van der Waals surface area contributed by atoms with Crippen LogP contribution in [0.5, 0.6) is 0 Å². The summed E-state index contributed by atoms with van der Waals surface area (Å²) in [4.78, 5) is 8.46. The number of rotatable bonds is 1. The lowest BCUT2D eigenvalue weighted by atomic mass is 9.88. The van der Waals surface area contributed by atoms with Gasteiger partial charge < -0.3 is 17.6 Å². The summed E-state index contributed by atoms with van der Waals surface area (Å²) in [7, 11) is 0. The first-order chi connectivity index (χ1) is 10.1. The largest absolute Gasteiger partial charge is 0.737 e. The van der Waals surface area contributed by atoms with Gasteiger partial charge in [-0.05, 0) is 31.3 Å². The minimum atomic E-state index is -3.85. The first-order valence-electron chi connectivity index (χ1n) is 6.63. The van der Waals surface area contributed by atoms with E-state index in [1.807, 2.05) is 0 Å². The molecule has 21 heavy (non-hydrogen) atoms. The standard InChI is InChI=1S/C14H11BF2N4/c1-10-18-7-6-11(19-10)14-12-4-2-8-20(12)15(16,17)21-9-3-5-13(14)21/h2-9H,1H3. The second-order valence-corrected chi connectivity index (χ2v) is 5.05. The highest BCUT2D eigenvalue weighted by atomic mass is 19.2. The normalized spacial score (nSPS) is 18.5. The number of fused-ring (bicyclic) bond motifs is 2. The first kappa shape index (κ1) is 12.2. The summed E-state index contributed by atoms with van der Waals surface area (Å²) in [6.07, 6.45) is 7.78. The Hall–Kier alpha value is -2.57. The van der Waals surface area contributed by atoms with Gasteiger partial charge >= 0.3 is 6.97 Å². The molecule has 0 amide bonds. The Morgan fingerprint density at radius 3 is 2.95 bits per heavy atom. The van der Waals surface area contributed by atoms with Gasteiger partial charge in [-0.2, -0.15) is 0 Å². The van der Waals surface area contributed by atoms with Crippen molar-refractivity contribution in [3.63, 3.8) is 0 Å². The Labute approximate surface area is 119 Å². The number of nitrogens with zero attached hydrogens (tertiary/aromatic N) is 4. The van der Waals surface area contributed by atoms with Crippen LogP contribution in [0.3, 0.4) is 0 Å². The summed E-state index contributed by atoms with van der Waals surface area (Å²) in [6, 6.07) is 5.07. The molecule has 4 rings (SSSR count). The Morgan fingerprint density at radius 2 is 2.14 bits per heavy atom. The molecule has 4 nitrogen and oxygen atoms in total. The minimum absolute atomic E-state index is 0.476. The van der Waals surface area contributed by atoms with E-state index in [-0.39, 0.29) is 0 Å². The van der Waals surface area contributed by atoms with Crippen molar-refractivity contribution in [2.24, 2.45) is 0 Å². The smallest absolute Gasteiger partial charge is 0.396 e. The molecule has 7 heteroatoms. The molecule has 4 heterocycles. The molecule has 0 bridgehead atoms. The average molecular weight is 284 g/mol. The van der Waals surface area contributed by atoms with Crippen LogP contribution in [0.15, 0.2) is 48.4 Å². The van der Waals surface area contributed by atoms with Crippen LogP contribution >= 0.6 is 0 Å². The maximum atomic E-state index is 14.6.